The van der Waals surface area contributed by atoms with Crippen LogP contribution in [0.3, 0.4) is 0 Å². The van der Waals surface area contributed by atoms with E-state index < -0.39 is 11.7 Å². The number of imidazole rings is 1. The zero-order valence-electron chi connectivity index (χ0n) is 13.6. The van der Waals surface area contributed by atoms with Gasteiger partial charge in [0.05, 0.1) is 5.56 Å². The maximum Gasteiger partial charge on any atom is 0.417 e. The summed E-state index contributed by atoms with van der Waals surface area (Å²) in [4.78, 5) is 13.6. The van der Waals surface area contributed by atoms with E-state index in [9.17, 15) is 13.2 Å². The average Bonchev–Trinajstić information content (AvgIpc) is 2.90. The predicted molar refractivity (Wildman–Crippen MR) is 93.2 cm³/mol. The fraction of sp³-hybridized carbons (Fsp3) is 0.235. The van der Waals surface area contributed by atoms with Gasteiger partial charge in [-0.3, -0.25) is 4.98 Å². The van der Waals surface area contributed by atoms with Crippen LogP contribution in [0, 0.1) is 0 Å². The molecule has 0 saturated carbocycles. The Morgan fingerprint density at radius 2 is 2.00 bits per heavy atom. The van der Waals surface area contributed by atoms with E-state index in [1.165, 1.54) is 0 Å². The summed E-state index contributed by atoms with van der Waals surface area (Å²) in [6.07, 6.45) is -0.270. The van der Waals surface area contributed by atoms with Gasteiger partial charge in [-0.1, -0.05) is 19.6 Å². The van der Waals surface area contributed by atoms with Crippen molar-refractivity contribution in [1.29, 1.82) is 0 Å². The van der Waals surface area contributed by atoms with E-state index in [0.717, 1.165) is 28.5 Å². The summed E-state index contributed by atoms with van der Waals surface area (Å²) in [6.45, 7) is 5.75. The van der Waals surface area contributed by atoms with E-state index in [4.69, 9.17) is 0 Å². The van der Waals surface area contributed by atoms with Crippen molar-refractivity contribution in [2.24, 2.45) is 7.05 Å². The lowest BCUT2D eigenvalue weighted by molar-refractivity contribution is -0.137. The number of rotatable bonds is 4. The van der Waals surface area contributed by atoms with Gasteiger partial charge in [0.25, 0.3) is 0 Å². The number of fused-ring (bicyclic) bond motifs is 1. The maximum absolute atomic E-state index is 12.9. The number of pyridine rings is 2. The van der Waals surface area contributed by atoms with Crippen molar-refractivity contribution in [2.45, 2.75) is 18.0 Å². The van der Waals surface area contributed by atoms with E-state index in [1.807, 2.05) is 13.0 Å². The Balaban J connectivity index is 2.19. The van der Waals surface area contributed by atoms with Crippen LogP contribution >= 0.6 is 11.8 Å². The summed E-state index contributed by atoms with van der Waals surface area (Å²) < 4.78 is 40.3. The van der Waals surface area contributed by atoms with Crippen LogP contribution in [-0.4, -0.2) is 25.3 Å². The Bertz CT molecular complexity index is 947. The first-order valence-corrected chi connectivity index (χ1v) is 8.49. The normalized spacial score (nSPS) is 11.9. The Morgan fingerprint density at radius 3 is 2.64 bits per heavy atom. The largest absolute Gasteiger partial charge is 0.417 e. The molecule has 3 rings (SSSR count). The van der Waals surface area contributed by atoms with Gasteiger partial charge in [-0.25, -0.2) is 9.97 Å². The summed E-state index contributed by atoms with van der Waals surface area (Å²) in [5, 5.41) is 0. The van der Waals surface area contributed by atoms with Gasteiger partial charge in [-0.15, -0.1) is 11.8 Å². The number of aromatic nitrogens is 4. The molecule has 0 amide bonds. The molecule has 0 aliphatic rings. The van der Waals surface area contributed by atoms with Gasteiger partial charge in [-0.05, 0) is 23.4 Å². The second-order valence-corrected chi connectivity index (χ2v) is 6.62. The Kier molecular flexibility index (Phi) is 4.55. The summed E-state index contributed by atoms with van der Waals surface area (Å²) >= 11 is 1.59. The Hall–Kier alpha value is -2.35. The van der Waals surface area contributed by atoms with Crippen molar-refractivity contribution in [3.63, 3.8) is 0 Å². The van der Waals surface area contributed by atoms with Crippen molar-refractivity contribution in [2.75, 3.05) is 5.75 Å². The molecule has 0 fully saturated rings. The molecule has 130 valence electrons. The second kappa shape index (κ2) is 6.51. The molecule has 0 aliphatic heterocycles. The molecule has 0 aliphatic carbocycles. The number of alkyl halides is 3. The number of halogens is 3. The molecule has 0 atom stereocenters. The molecule has 0 spiro atoms. The van der Waals surface area contributed by atoms with Gasteiger partial charge in [-0.2, -0.15) is 13.2 Å². The number of thioether (sulfide) groups is 1. The van der Waals surface area contributed by atoms with Gasteiger partial charge >= 0.3 is 6.18 Å². The third kappa shape index (κ3) is 3.26. The minimum atomic E-state index is -4.45. The molecule has 3 aromatic heterocycles. The minimum Gasteiger partial charge on any atom is -0.310 e. The van der Waals surface area contributed by atoms with E-state index in [-0.39, 0.29) is 5.52 Å². The van der Waals surface area contributed by atoms with E-state index in [2.05, 4.69) is 21.5 Å². The number of aryl methyl sites for hydroxylation is 1. The van der Waals surface area contributed by atoms with E-state index in [0.29, 0.717) is 17.2 Å². The maximum atomic E-state index is 12.9. The lowest BCUT2D eigenvalue weighted by Gasteiger charge is -2.08. The molecular weight excluding hydrogens is 349 g/mol. The Morgan fingerprint density at radius 1 is 1.24 bits per heavy atom. The molecule has 3 aromatic rings. The van der Waals surface area contributed by atoms with Crippen LogP contribution in [0.4, 0.5) is 13.2 Å². The number of nitrogens with zero attached hydrogens (tertiary/aromatic N) is 4. The van der Waals surface area contributed by atoms with Crippen LogP contribution in [0.2, 0.25) is 0 Å². The first kappa shape index (κ1) is 17.5. The smallest absolute Gasteiger partial charge is 0.310 e. The minimum absolute atomic E-state index is 0.189. The second-order valence-electron chi connectivity index (χ2n) is 5.31. The molecule has 0 N–H and O–H groups in total. The fourth-order valence-corrected chi connectivity index (χ4v) is 3.26. The standard InChI is InChI=1S/C17H15F3N4S/c1-4-10-6-13(25-5-2)14(21-8-10)16-23-12-7-11(17(18,19)20)9-22-15(12)24(16)3/h4,6-9H,1,5H2,2-3H3. The van der Waals surface area contributed by atoms with Crippen LogP contribution < -0.4 is 0 Å². The van der Waals surface area contributed by atoms with Gasteiger partial charge in [0.1, 0.15) is 11.2 Å². The quantitative estimate of drug-likeness (QED) is 0.624. The van der Waals surface area contributed by atoms with E-state index >= 15 is 0 Å². The first-order valence-electron chi connectivity index (χ1n) is 7.50. The molecule has 0 unspecified atom stereocenters. The molecule has 4 nitrogen and oxygen atoms in total. The third-order valence-corrected chi connectivity index (χ3v) is 4.57. The van der Waals surface area contributed by atoms with Crippen LogP contribution in [0.1, 0.15) is 18.1 Å². The van der Waals surface area contributed by atoms with E-state index in [1.54, 1.807) is 35.6 Å². The van der Waals surface area contributed by atoms with Crippen molar-refractivity contribution in [1.82, 2.24) is 19.5 Å². The van der Waals surface area contributed by atoms with Crippen LogP contribution in [0.15, 0.2) is 36.0 Å². The molecule has 8 heteroatoms. The SMILES string of the molecule is C=Cc1cnc(-c2nc3cc(C(F)(F)F)cnc3n2C)c(SCC)c1. The van der Waals surface area contributed by atoms with Crippen molar-refractivity contribution >= 4 is 29.0 Å². The molecule has 0 bridgehead atoms. The van der Waals surface area contributed by atoms with Crippen molar-refractivity contribution in [3.8, 4) is 11.5 Å². The third-order valence-electron chi connectivity index (χ3n) is 3.66. The number of hydrogen-bond acceptors (Lipinski definition) is 4. The zero-order valence-corrected chi connectivity index (χ0v) is 14.4. The molecule has 0 saturated heterocycles. The highest BCUT2D eigenvalue weighted by atomic mass is 32.2. The van der Waals surface area contributed by atoms with Crippen molar-refractivity contribution in [3.05, 3.63) is 42.2 Å². The monoisotopic (exact) mass is 364 g/mol. The average molecular weight is 364 g/mol. The molecular formula is C17H15F3N4S. The molecule has 25 heavy (non-hydrogen) atoms. The summed E-state index contributed by atoms with van der Waals surface area (Å²) in [6, 6.07) is 2.95. The van der Waals surface area contributed by atoms with Gasteiger partial charge in [0.15, 0.2) is 11.5 Å². The summed E-state index contributed by atoms with van der Waals surface area (Å²) in [5.74, 6) is 1.31. The predicted octanol–water partition coefficient (Wildman–Crippen LogP) is 4.80. The lowest BCUT2D eigenvalue weighted by Crippen LogP contribution is -2.05. The number of hydrogen-bond donors (Lipinski definition) is 0. The van der Waals surface area contributed by atoms with Crippen molar-refractivity contribution < 1.29 is 13.2 Å². The molecule has 0 aromatic carbocycles. The van der Waals surface area contributed by atoms with Gasteiger partial charge < -0.3 is 4.57 Å². The molecule has 3 heterocycles. The summed E-state index contributed by atoms with van der Waals surface area (Å²) in [7, 11) is 1.72. The van der Waals surface area contributed by atoms with Gasteiger partial charge in [0, 0.05) is 24.3 Å². The highest BCUT2D eigenvalue weighted by Gasteiger charge is 2.32. The zero-order chi connectivity index (χ0) is 18.2. The molecule has 0 radical (unpaired) electrons. The first-order chi connectivity index (χ1) is 11.8. The lowest BCUT2D eigenvalue weighted by atomic mass is 10.2. The van der Waals surface area contributed by atoms with Crippen LogP contribution in [0.5, 0.6) is 0 Å². The topological polar surface area (TPSA) is 43.6 Å². The van der Waals surface area contributed by atoms with Crippen LogP contribution in [-0.2, 0) is 13.2 Å². The fourth-order valence-electron chi connectivity index (χ4n) is 2.45. The highest BCUT2D eigenvalue weighted by Crippen LogP contribution is 2.34. The van der Waals surface area contributed by atoms with Crippen LogP contribution in [0.25, 0.3) is 28.8 Å². The Labute approximate surface area is 146 Å². The highest BCUT2D eigenvalue weighted by molar-refractivity contribution is 7.99. The summed E-state index contributed by atoms with van der Waals surface area (Å²) in [5.41, 5.74) is 1.24. The van der Waals surface area contributed by atoms with Gasteiger partial charge in [0.2, 0.25) is 0 Å².